The second-order valence-corrected chi connectivity index (χ2v) is 3.96. The fourth-order valence-electron chi connectivity index (χ4n) is 1.84. The number of benzene rings is 1. The summed E-state index contributed by atoms with van der Waals surface area (Å²) in [4.78, 5) is 11.2. The van der Waals surface area contributed by atoms with Gasteiger partial charge in [-0.3, -0.25) is 0 Å². The van der Waals surface area contributed by atoms with Gasteiger partial charge in [0.2, 0.25) is 0 Å². The molecule has 0 amide bonds. The van der Waals surface area contributed by atoms with Crippen LogP contribution < -0.4 is 4.74 Å². The second-order valence-electron chi connectivity index (χ2n) is 3.96. The van der Waals surface area contributed by atoms with E-state index in [0.717, 1.165) is 11.3 Å². The van der Waals surface area contributed by atoms with E-state index >= 15 is 0 Å². The minimum Gasteiger partial charge on any atom is -0.496 e. The molecule has 0 atom stereocenters. The van der Waals surface area contributed by atoms with Crippen molar-refractivity contribution in [3.63, 3.8) is 0 Å². The van der Waals surface area contributed by atoms with Gasteiger partial charge in [0.05, 0.1) is 12.8 Å². The molecule has 0 radical (unpaired) electrons. The van der Waals surface area contributed by atoms with Crippen molar-refractivity contribution in [3.05, 3.63) is 35.0 Å². The Morgan fingerprint density at radius 2 is 2.11 bits per heavy atom. The van der Waals surface area contributed by atoms with Gasteiger partial charge in [-0.1, -0.05) is 5.16 Å². The molecule has 2 aromatic rings. The van der Waals surface area contributed by atoms with Gasteiger partial charge in [0, 0.05) is 5.56 Å². The fraction of sp³-hybridized carbons (Fsp3) is 0.231. The molecule has 94 valence electrons. The van der Waals surface area contributed by atoms with Crippen molar-refractivity contribution in [2.45, 2.75) is 13.8 Å². The van der Waals surface area contributed by atoms with Gasteiger partial charge >= 0.3 is 5.97 Å². The Morgan fingerprint density at radius 1 is 1.39 bits per heavy atom. The van der Waals surface area contributed by atoms with Crippen LogP contribution >= 0.6 is 0 Å². The topological polar surface area (TPSA) is 72.6 Å². The van der Waals surface area contributed by atoms with E-state index in [2.05, 4.69) is 5.16 Å². The van der Waals surface area contributed by atoms with Gasteiger partial charge in [0.25, 0.3) is 0 Å². The first-order valence-corrected chi connectivity index (χ1v) is 5.39. The maximum absolute atomic E-state index is 11.2. The Bertz CT molecular complexity index is 601. The molecule has 0 unspecified atom stereocenters. The van der Waals surface area contributed by atoms with Crippen molar-refractivity contribution in [3.8, 4) is 17.1 Å². The summed E-state index contributed by atoms with van der Waals surface area (Å²) in [7, 11) is 1.59. The molecule has 0 aliphatic rings. The molecule has 1 aromatic carbocycles. The number of nitrogens with zero attached hydrogens (tertiary/aromatic N) is 1. The number of aryl methyl sites for hydroxylation is 2. The predicted octanol–water partition coefficient (Wildman–Crippen LogP) is 2.67. The van der Waals surface area contributed by atoms with Crippen molar-refractivity contribution in [2.24, 2.45) is 0 Å². The molecule has 0 fully saturated rings. The van der Waals surface area contributed by atoms with Crippen LogP contribution in [0.5, 0.6) is 5.75 Å². The van der Waals surface area contributed by atoms with Crippen LogP contribution in [0.25, 0.3) is 11.3 Å². The van der Waals surface area contributed by atoms with Crippen molar-refractivity contribution in [1.29, 1.82) is 0 Å². The standard InChI is InChI=1S/C13H13NO4/c1-7-6-9(4-5-10(7)17-3)12-11(13(15)16)8(2)14-18-12/h4-6H,1-3H3,(H,15,16). The number of hydrogen-bond donors (Lipinski definition) is 1. The van der Waals surface area contributed by atoms with E-state index in [0.29, 0.717) is 11.3 Å². The van der Waals surface area contributed by atoms with E-state index < -0.39 is 5.97 Å². The summed E-state index contributed by atoms with van der Waals surface area (Å²) in [6, 6.07) is 5.33. The van der Waals surface area contributed by atoms with E-state index in [9.17, 15) is 4.79 Å². The van der Waals surface area contributed by atoms with Crippen molar-refractivity contribution in [1.82, 2.24) is 5.16 Å². The third-order valence-electron chi connectivity index (χ3n) is 2.73. The summed E-state index contributed by atoms with van der Waals surface area (Å²) in [6.07, 6.45) is 0. The van der Waals surface area contributed by atoms with E-state index in [-0.39, 0.29) is 11.3 Å². The van der Waals surface area contributed by atoms with Crippen LogP contribution in [0.3, 0.4) is 0 Å². The summed E-state index contributed by atoms with van der Waals surface area (Å²) < 4.78 is 10.3. The van der Waals surface area contributed by atoms with E-state index in [1.165, 1.54) is 0 Å². The molecule has 1 N–H and O–H groups in total. The molecule has 0 bridgehead atoms. The Balaban J connectivity index is 2.56. The highest BCUT2D eigenvalue weighted by Crippen LogP contribution is 2.29. The molecule has 18 heavy (non-hydrogen) atoms. The number of carboxylic acid groups (broad SMARTS) is 1. The molecule has 5 heteroatoms. The lowest BCUT2D eigenvalue weighted by Gasteiger charge is -2.05. The number of carbonyl (C=O) groups is 1. The van der Waals surface area contributed by atoms with E-state index in [1.54, 1.807) is 26.2 Å². The molecule has 1 heterocycles. The van der Waals surface area contributed by atoms with Gasteiger partial charge in [-0.25, -0.2) is 4.79 Å². The highest BCUT2D eigenvalue weighted by atomic mass is 16.5. The Morgan fingerprint density at radius 3 is 2.67 bits per heavy atom. The number of ether oxygens (including phenoxy) is 1. The first-order valence-electron chi connectivity index (χ1n) is 5.39. The van der Waals surface area contributed by atoms with Crippen LogP contribution in [-0.2, 0) is 0 Å². The lowest BCUT2D eigenvalue weighted by atomic mass is 10.0. The molecule has 1 aromatic heterocycles. The van der Waals surface area contributed by atoms with Crippen molar-refractivity contribution >= 4 is 5.97 Å². The highest BCUT2D eigenvalue weighted by Gasteiger charge is 2.21. The van der Waals surface area contributed by atoms with Gasteiger partial charge < -0.3 is 14.4 Å². The molecule has 0 saturated carbocycles. The largest absolute Gasteiger partial charge is 0.496 e. The minimum absolute atomic E-state index is 0.0968. The number of rotatable bonds is 3. The maximum atomic E-state index is 11.2. The zero-order valence-electron chi connectivity index (χ0n) is 10.4. The Hall–Kier alpha value is -2.30. The molecule has 0 aliphatic carbocycles. The third-order valence-corrected chi connectivity index (χ3v) is 2.73. The lowest BCUT2D eigenvalue weighted by molar-refractivity contribution is 0.0696. The number of hydrogen-bond acceptors (Lipinski definition) is 4. The molecule has 5 nitrogen and oxygen atoms in total. The first-order chi connectivity index (χ1) is 8.54. The number of aromatic nitrogens is 1. The van der Waals surface area contributed by atoms with Crippen LogP contribution in [0.4, 0.5) is 0 Å². The van der Waals surface area contributed by atoms with Crippen LogP contribution in [-0.4, -0.2) is 23.3 Å². The van der Waals surface area contributed by atoms with Crippen LogP contribution in [0.15, 0.2) is 22.7 Å². The predicted molar refractivity (Wildman–Crippen MR) is 64.9 cm³/mol. The van der Waals surface area contributed by atoms with Crippen LogP contribution in [0.2, 0.25) is 0 Å². The minimum atomic E-state index is -1.04. The summed E-state index contributed by atoms with van der Waals surface area (Å²) in [5.41, 5.74) is 2.04. The number of methoxy groups -OCH3 is 1. The van der Waals surface area contributed by atoms with Crippen LogP contribution in [0.1, 0.15) is 21.6 Å². The summed E-state index contributed by atoms with van der Waals surface area (Å²) in [6.45, 7) is 3.48. The van der Waals surface area contributed by atoms with Crippen LogP contribution in [0, 0.1) is 13.8 Å². The molecular weight excluding hydrogens is 234 g/mol. The van der Waals surface area contributed by atoms with E-state index in [1.807, 2.05) is 13.0 Å². The lowest BCUT2D eigenvalue weighted by Crippen LogP contribution is -1.99. The molecule has 0 saturated heterocycles. The third kappa shape index (κ3) is 1.95. The number of aromatic carboxylic acids is 1. The summed E-state index contributed by atoms with van der Waals surface area (Å²) in [5, 5.41) is 12.8. The zero-order valence-corrected chi connectivity index (χ0v) is 10.4. The maximum Gasteiger partial charge on any atom is 0.341 e. The van der Waals surface area contributed by atoms with Gasteiger partial charge in [0.1, 0.15) is 11.3 Å². The molecule has 2 rings (SSSR count). The summed E-state index contributed by atoms with van der Waals surface area (Å²) in [5.74, 6) is -0.0326. The molecule has 0 spiro atoms. The second kappa shape index (κ2) is 4.52. The summed E-state index contributed by atoms with van der Waals surface area (Å²) >= 11 is 0. The smallest absolute Gasteiger partial charge is 0.341 e. The first kappa shape index (κ1) is 12.2. The monoisotopic (exact) mass is 247 g/mol. The molecular formula is C13H13NO4. The van der Waals surface area contributed by atoms with Gasteiger partial charge in [-0.05, 0) is 37.6 Å². The Labute approximate surface area is 104 Å². The average molecular weight is 247 g/mol. The van der Waals surface area contributed by atoms with Gasteiger partial charge in [-0.2, -0.15) is 0 Å². The van der Waals surface area contributed by atoms with E-state index in [4.69, 9.17) is 14.4 Å². The van der Waals surface area contributed by atoms with Gasteiger partial charge in [-0.15, -0.1) is 0 Å². The quantitative estimate of drug-likeness (QED) is 0.902. The SMILES string of the molecule is COc1ccc(-c2onc(C)c2C(=O)O)cc1C. The van der Waals surface area contributed by atoms with Gasteiger partial charge in [0.15, 0.2) is 5.76 Å². The zero-order chi connectivity index (χ0) is 13.3. The highest BCUT2D eigenvalue weighted by molar-refractivity contribution is 5.95. The van der Waals surface area contributed by atoms with Crippen molar-refractivity contribution in [2.75, 3.05) is 7.11 Å². The van der Waals surface area contributed by atoms with Crippen molar-refractivity contribution < 1.29 is 19.2 Å². The Kier molecular flexibility index (Phi) is 3.06. The average Bonchev–Trinajstić information content (AvgIpc) is 2.71. The normalized spacial score (nSPS) is 10.4. The fourth-order valence-corrected chi connectivity index (χ4v) is 1.84. The molecule has 0 aliphatic heterocycles. The number of carboxylic acids is 1.